The van der Waals surface area contributed by atoms with Crippen molar-refractivity contribution in [3.8, 4) is 0 Å². The van der Waals surface area contributed by atoms with Crippen LogP contribution in [0.2, 0.25) is 0 Å². The molecule has 0 saturated heterocycles. The van der Waals surface area contributed by atoms with Gasteiger partial charge >= 0.3 is 0 Å². The van der Waals surface area contributed by atoms with Gasteiger partial charge in [-0.2, -0.15) is 0 Å². The Balaban J connectivity index is 1.73. The van der Waals surface area contributed by atoms with Crippen molar-refractivity contribution in [1.29, 1.82) is 0 Å². The molecule has 0 unspecified atom stereocenters. The molecule has 0 spiro atoms. The highest BCUT2D eigenvalue weighted by atomic mass is 14.2. The first-order chi connectivity index (χ1) is 15.9. The molecule has 0 heterocycles. The fraction of sp³-hybridized carbons (Fsp3) is 0. The molecule has 0 aliphatic carbocycles. The maximum Gasteiger partial charge on any atom is -0.000784 e. The zero-order valence-electron chi connectivity index (χ0n) is 17.2. The van der Waals surface area contributed by atoms with E-state index in [2.05, 4.69) is 97.1 Å². The number of fused-ring (bicyclic) bond motifs is 3. The molecule has 9 aromatic carbocycles. The molecular formula is C32H16. The van der Waals surface area contributed by atoms with Gasteiger partial charge in [-0.1, -0.05) is 78.9 Å². The zero-order chi connectivity index (χ0) is 20.6. The predicted octanol–water partition coefficient (Wildman–Crippen LogP) is 9.23. The van der Waals surface area contributed by atoms with Gasteiger partial charge in [0, 0.05) is 0 Å². The van der Waals surface area contributed by atoms with Crippen molar-refractivity contribution in [2.24, 2.45) is 0 Å². The quantitative estimate of drug-likeness (QED) is 0.176. The lowest BCUT2D eigenvalue weighted by atomic mass is 9.81. The summed E-state index contributed by atoms with van der Waals surface area (Å²) in [5.74, 6) is 0. The molecule has 9 rings (SSSR count). The summed E-state index contributed by atoms with van der Waals surface area (Å²) in [6, 6.07) is 36.7. The molecule has 0 radical (unpaired) electrons. The van der Waals surface area contributed by atoms with Crippen LogP contribution < -0.4 is 0 Å². The Labute approximate surface area is 183 Å². The molecule has 32 heavy (non-hydrogen) atoms. The molecule has 144 valence electrons. The molecule has 9 aromatic rings. The largest absolute Gasteiger partial charge is 0.0616 e. The topological polar surface area (TPSA) is 0 Å². The SMILES string of the molecule is c1ccc2c(c1)cc1ccc3c4ccc5cccc6cc7ccc8cc2c1c3c8c7c4c56. The molecular weight excluding hydrogens is 384 g/mol. The van der Waals surface area contributed by atoms with E-state index in [4.69, 9.17) is 0 Å². The van der Waals surface area contributed by atoms with Gasteiger partial charge in [-0.05, 0) is 104 Å². The summed E-state index contributed by atoms with van der Waals surface area (Å²) in [7, 11) is 0. The Bertz CT molecular complexity index is 2180. The molecule has 0 amide bonds. The van der Waals surface area contributed by atoms with Crippen molar-refractivity contribution in [1.82, 2.24) is 0 Å². The predicted molar refractivity (Wildman–Crippen MR) is 140 cm³/mol. The number of benzene rings is 9. The van der Waals surface area contributed by atoms with Crippen molar-refractivity contribution in [3.63, 3.8) is 0 Å². The maximum absolute atomic E-state index is 2.43. The molecule has 0 aliphatic rings. The fourth-order valence-corrected chi connectivity index (χ4v) is 6.58. The first-order valence-electron chi connectivity index (χ1n) is 11.3. The normalized spacial score (nSPS) is 13.0. The van der Waals surface area contributed by atoms with E-state index in [0.717, 1.165) is 0 Å². The number of rotatable bonds is 0. The third-order valence-corrected chi connectivity index (χ3v) is 7.82. The summed E-state index contributed by atoms with van der Waals surface area (Å²) in [5.41, 5.74) is 0. The van der Waals surface area contributed by atoms with Crippen LogP contribution in [-0.2, 0) is 0 Å². The van der Waals surface area contributed by atoms with E-state index in [1.807, 2.05) is 0 Å². The van der Waals surface area contributed by atoms with Crippen LogP contribution in [0.25, 0.3) is 86.2 Å². The molecule has 0 nitrogen and oxygen atoms in total. The summed E-state index contributed by atoms with van der Waals surface area (Å²) in [5, 5.41) is 22.0. The van der Waals surface area contributed by atoms with Crippen LogP contribution in [-0.4, -0.2) is 0 Å². The van der Waals surface area contributed by atoms with E-state index in [9.17, 15) is 0 Å². The van der Waals surface area contributed by atoms with Gasteiger partial charge < -0.3 is 0 Å². The van der Waals surface area contributed by atoms with Crippen molar-refractivity contribution in [2.45, 2.75) is 0 Å². The van der Waals surface area contributed by atoms with Gasteiger partial charge in [0.1, 0.15) is 0 Å². The highest BCUT2D eigenvalue weighted by Gasteiger charge is 2.21. The molecule has 0 aliphatic heterocycles. The minimum absolute atomic E-state index is 1.31. The van der Waals surface area contributed by atoms with Gasteiger partial charge in [-0.15, -0.1) is 0 Å². The van der Waals surface area contributed by atoms with Crippen LogP contribution in [0.1, 0.15) is 0 Å². The summed E-state index contributed by atoms with van der Waals surface area (Å²) >= 11 is 0. The van der Waals surface area contributed by atoms with E-state index in [-0.39, 0.29) is 0 Å². The van der Waals surface area contributed by atoms with Crippen molar-refractivity contribution < 1.29 is 0 Å². The van der Waals surface area contributed by atoms with E-state index in [1.54, 1.807) is 0 Å². The smallest absolute Gasteiger partial charge is 0.000784 e. The van der Waals surface area contributed by atoms with Crippen molar-refractivity contribution in [3.05, 3.63) is 97.1 Å². The van der Waals surface area contributed by atoms with Crippen LogP contribution >= 0.6 is 0 Å². The van der Waals surface area contributed by atoms with Gasteiger partial charge in [0.05, 0.1) is 0 Å². The van der Waals surface area contributed by atoms with Crippen LogP contribution in [0.5, 0.6) is 0 Å². The van der Waals surface area contributed by atoms with Crippen molar-refractivity contribution >= 4 is 86.2 Å². The van der Waals surface area contributed by atoms with E-state index < -0.39 is 0 Å². The molecule has 0 fully saturated rings. The average molecular weight is 400 g/mol. The van der Waals surface area contributed by atoms with Crippen LogP contribution in [0.15, 0.2) is 97.1 Å². The summed E-state index contributed by atoms with van der Waals surface area (Å²) < 4.78 is 0. The van der Waals surface area contributed by atoms with Crippen LogP contribution in [0.4, 0.5) is 0 Å². The van der Waals surface area contributed by atoms with E-state index in [0.29, 0.717) is 0 Å². The summed E-state index contributed by atoms with van der Waals surface area (Å²) in [6.45, 7) is 0. The Morgan fingerprint density at radius 2 is 0.812 bits per heavy atom. The Morgan fingerprint density at radius 1 is 0.250 bits per heavy atom. The average Bonchev–Trinajstić information content (AvgIpc) is 2.84. The lowest BCUT2D eigenvalue weighted by Gasteiger charge is -2.21. The molecule has 0 aromatic heterocycles. The third-order valence-electron chi connectivity index (χ3n) is 7.82. The van der Waals surface area contributed by atoms with Crippen molar-refractivity contribution in [2.75, 3.05) is 0 Å². The third kappa shape index (κ3) is 1.60. The van der Waals surface area contributed by atoms with Gasteiger partial charge in [-0.3, -0.25) is 0 Å². The molecule has 0 heteroatoms. The lowest BCUT2D eigenvalue weighted by molar-refractivity contribution is 1.80. The second kappa shape index (κ2) is 5.00. The zero-order valence-corrected chi connectivity index (χ0v) is 17.2. The first-order valence-corrected chi connectivity index (χ1v) is 11.3. The standard InChI is InChI=1S/C32H16/c1-2-7-23-18(4-1)14-20-11-13-25-24-12-10-17-5-3-6-19-15-21-8-9-22-16-26(23)28(20)32(25)30(22)29(21)31(24)27(17)19/h1-16H. The van der Waals surface area contributed by atoms with Gasteiger partial charge in [0.25, 0.3) is 0 Å². The van der Waals surface area contributed by atoms with Gasteiger partial charge in [-0.25, -0.2) is 0 Å². The Morgan fingerprint density at radius 3 is 1.69 bits per heavy atom. The second-order valence-corrected chi connectivity index (χ2v) is 9.31. The highest BCUT2D eigenvalue weighted by Crippen LogP contribution is 2.49. The molecule has 0 atom stereocenters. The first kappa shape index (κ1) is 15.6. The van der Waals surface area contributed by atoms with E-state index in [1.165, 1.54) is 86.2 Å². The maximum atomic E-state index is 2.43. The highest BCUT2D eigenvalue weighted by molar-refractivity contribution is 6.46. The fourth-order valence-electron chi connectivity index (χ4n) is 6.58. The number of hydrogen-bond acceptors (Lipinski definition) is 0. The minimum Gasteiger partial charge on any atom is -0.0616 e. The summed E-state index contributed by atoms with van der Waals surface area (Å²) in [6.07, 6.45) is 0. The monoisotopic (exact) mass is 400 g/mol. The number of hydrogen-bond donors (Lipinski definition) is 0. The Kier molecular flexibility index (Phi) is 2.44. The molecule has 0 saturated carbocycles. The lowest BCUT2D eigenvalue weighted by Crippen LogP contribution is -1.93. The molecule has 0 N–H and O–H groups in total. The van der Waals surface area contributed by atoms with Gasteiger partial charge in [0.15, 0.2) is 0 Å². The van der Waals surface area contributed by atoms with Gasteiger partial charge in [0.2, 0.25) is 0 Å². The van der Waals surface area contributed by atoms with E-state index >= 15 is 0 Å². The Hall–Kier alpha value is -4.16. The van der Waals surface area contributed by atoms with Crippen LogP contribution in [0, 0.1) is 0 Å². The minimum atomic E-state index is 1.31. The summed E-state index contributed by atoms with van der Waals surface area (Å²) in [4.78, 5) is 0. The second-order valence-electron chi connectivity index (χ2n) is 9.31. The molecule has 0 bridgehead atoms. The van der Waals surface area contributed by atoms with Crippen LogP contribution in [0.3, 0.4) is 0 Å².